The number of imidazole rings is 1. The summed E-state index contributed by atoms with van der Waals surface area (Å²) in [5.74, 6) is 2.87. The first-order valence-corrected chi connectivity index (χ1v) is 29.5. The van der Waals surface area contributed by atoms with E-state index in [0.29, 0.717) is 17.3 Å². The minimum Gasteiger partial charge on any atom is -0.237 e. The second kappa shape index (κ2) is 22.0. The third-order valence-corrected chi connectivity index (χ3v) is 17.0. The topological polar surface area (TPSA) is 62.7 Å². The number of pyridine rings is 1. The van der Waals surface area contributed by atoms with Gasteiger partial charge in [-0.3, -0.25) is 0 Å². The van der Waals surface area contributed by atoms with Crippen LogP contribution in [0.15, 0.2) is 298 Å². The van der Waals surface area contributed by atoms with Crippen molar-refractivity contribution in [2.24, 2.45) is 0 Å². The van der Waals surface area contributed by atoms with Crippen LogP contribution in [-0.4, -0.2) is 28.7 Å². The van der Waals surface area contributed by atoms with Crippen LogP contribution in [0.4, 0.5) is 0 Å². The molecule has 0 atom stereocenters. The molecule has 0 saturated heterocycles. The third-order valence-electron chi connectivity index (χ3n) is 16.0. The van der Waals surface area contributed by atoms with Gasteiger partial charge in [0.15, 0.2) is 5.82 Å². The van der Waals surface area contributed by atoms with Crippen LogP contribution in [0.1, 0.15) is 5.56 Å². The molecular formula is C77H52N6OPt. The summed E-state index contributed by atoms with van der Waals surface area (Å²) in [4.78, 5) is 14.0. The normalized spacial score (nSPS) is 11.4. The van der Waals surface area contributed by atoms with E-state index in [1.54, 1.807) is 12.4 Å². The zero-order valence-corrected chi connectivity index (χ0v) is 48.5. The Hall–Kier alpha value is -10.6. The van der Waals surface area contributed by atoms with Crippen molar-refractivity contribution in [1.29, 1.82) is 0 Å². The van der Waals surface area contributed by atoms with Crippen LogP contribution >= 0.6 is 0 Å². The molecule has 406 valence electrons. The zero-order chi connectivity index (χ0) is 56.8. The molecule has 8 heteroatoms. The van der Waals surface area contributed by atoms with E-state index in [2.05, 4.69) is 317 Å². The Morgan fingerprint density at radius 1 is 0.329 bits per heavy atom. The van der Waals surface area contributed by atoms with Crippen LogP contribution in [0, 0.1) is 10.7 Å². The molecule has 15 aromatic rings. The number of aryl methyl sites for hydroxylation is 1. The van der Waals surface area contributed by atoms with E-state index in [9.17, 15) is 0 Å². The average molecular weight is 1270 g/mol. The summed E-state index contributed by atoms with van der Waals surface area (Å²) < 4.78 is 15.0. The molecule has 0 aliphatic carbocycles. The van der Waals surface area contributed by atoms with Crippen molar-refractivity contribution in [2.45, 2.75) is 6.92 Å². The fourth-order valence-electron chi connectivity index (χ4n) is 12.0. The fourth-order valence-corrected chi connectivity index (χ4v) is 13.1. The first-order chi connectivity index (χ1) is 42.0. The fraction of sp³-hybridized carbons (Fsp3) is 0.0130. The molecule has 0 aliphatic rings. The second-order valence-electron chi connectivity index (χ2n) is 21.2. The molecule has 11 aromatic carbocycles. The zero-order valence-electron chi connectivity index (χ0n) is 46.2. The number of hydrogen-bond donors (Lipinski definition) is 0. The van der Waals surface area contributed by atoms with Gasteiger partial charge in [0.1, 0.15) is 0 Å². The minimum atomic E-state index is 0.649. The van der Waals surface area contributed by atoms with Gasteiger partial charge in [-0.1, -0.05) is 12.1 Å². The standard InChI is InChI=1S/C77H52N6O.Pt/c1-52-41-75(80-50-70(52)77-78-39-20-40-79-77)83-71-34-15-14-31-68(71)69-38-37-65(49-74(69)83)84-64-30-18-29-63(48-64)81-51-82(73-36-17-16-35-72(73)81)76-66(61-44-57(53-21-6-2-7-22-53)42-58(45-61)54-23-8-3-9-24-54)32-19-33-67(76)62-46-59(55-25-10-4-11-26-55)43-60(47-62)56-27-12-5-13-28-56;/h2-50H,1H3;. The quantitative estimate of drug-likeness (QED) is 0.122. The van der Waals surface area contributed by atoms with Crippen LogP contribution < -0.4 is 4.74 Å². The number of hydrogen-bond acceptors (Lipinski definition) is 4. The van der Waals surface area contributed by atoms with Gasteiger partial charge in [0, 0.05) is 24.2 Å². The molecule has 0 bridgehead atoms. The van der Waals surface area contributed by atoms with Crippen molar-refractivity contribution in [2.75, 3.05) is 0 Å². The Kier molecular flexibility index (Phi) is 13.2. The molecule has 0 unspecified atom stereocenters. The van der Waals surface area contributed by atoms with Gasteiger partial charge in [-0.2, -0.15) is 0 Å². The van der Waals surface area contributed by atoms with Gasteiger partial charge in [-0.25, -0.2) is 9.97 Å². The molecule has 7 nitrogen and oxygen atoms in total. The van der Waals surface area contributed by atoms with Gasteiger partial charge in [-0.15, -0.1) is 0 Å². The van der Waals surface area contributed by atoms with Gasteiger partial charge >= 0.3 is 436 Å². The molecule has 0 amide bonds. The second-order valence-corrected chi connectivity index (χ2v) is 22.2. The molecule has 4 aromatic heterocycles. The molecule has 0 radical (unpaired) electrons. The number of rotatable bonds is 12. The predicted octanol–water partition coefficient (Wildman–Crippen LogP) is 19.6. The Labute approximate surface area is 503 Å². The Morgan fingerprint density at radius 3 is 1.35 bits per heavy atom. The smallest absolute Gasteiger partial charge is 0.237 e. The molecule has 0 spiro atoms. The molecular weight excluding hydrogens is 1220 g/mol. The van der Waals surface area contributed by atoms with Crippen molar-refractivity contribution in [3.05, 3.63) is 307 Å². The number of para-hydroxylation sites is 4. The van der Waals surface area contributed by atoms with Crippen LogP contribution in [0.25, 0.3) is 128 Å². The maximum absolute atomic E-state index is 6.95. The summed E-state index contributed by atoms with van der Waals surface area (Å²) in [6, 6.07) is 99.7. The Balaban J connectivity index is 0.907. The number of fused-ring (bicyclic) bond motifs is 4. The Bertz CT molecular complexity index is 4800. The summed E-state index contributed by atoms with van der Waals surface area (Å²) in [6.07, 6.45) is 5.39. The van der Waals surface area contributed by atoms with E-state index < -0.39 is 0 Å². The van der Waals surface area contributed by atoms with E-state index >= 15 is 0 Å². The molecule has 0 aliphatic heterocycles. The summed E-state index contributed by atoms with van der Waals surface area (Å²) in [7, 11) is 0. The first kappa shape index (κ1) is 51.3. The third kappa shape index (κ3) is 9.61. The summed E-state index contributed by atoms with van der Waals surface area (Å²) in [5, 5.41) is 2.24. The predicted molar refractivity (Wildman–Crippen MR) is 343 cm³/mol. The van der Waals surface area contributed by atoms with Crippen molar-refractivity contribution in [1.82, 2.24) is 28.7 Å². The van der Waals surface area contributed by atoms with Gasteiger partial charge < -0.3 is 0 Å². The van der Waals surface area contributed by atoms with Crippen molar-refractivity contribution in [3.8, 4) is 107 Å². The monoisotopic (exact) mass is 1270 g/mol. The SMILES string of the molecule is Cc1cc(-n2c3ccccc3c3ccc(Oc4cccc(-n5[c](=[Pt])n(-c6c(-c7cc(-c8ccccc8)cc(-c8ccccc8)c7)cccc6-c6cc(-c7ccccc7)cc(-c7ccccc7)c6)c6ccccc65)c4)cc32)ncc1-c1ncccn1. The maximum atomic E-state index is 6.95. The van der Waals surface area contributed by atoms with Gasteiger partial charge in [0.05, 0.1) is 0 Å². The molecule has 85 heavy (non-hydrogen) atoms. The summed E-state index contributed by atoms with van der Waals surface area (Å²) in [6.45, 7) is 2.08. The van der Waals surface area contributed by atoms with Crippen LogP contribution in [0.5, 0.6) is 11.5 Å². The molecule has 4 heterocycles. The van der Waals surface area contributed by atoms with E-state index in [0.717, 1.165) is 132 Å². The van der Waals surface area contributed by atoms with Crippen LogP contribution in [0.2, 0.25) is 0 Å². The van der Waals surface area contributed by atoms with Crippen molar-refractivity contribution < 1.29 is 24.1 Å². The molecule has 0 N–H and O–H groups in total. The van der Waals surface area contributed by atoms with Gasteiger partial charge in [-0.05, 0) is 18.6 Å². The van der Waals surface area contributed by atoms with E-state index in [4.69, 9.17) is 9.72 Å². The van der Waals surface area contributed by atoms with Crippen molar-refractivity contribution >= 4 is 32.8 Å². The first-order valence-electron chi connectivity index (χ1n) is 28.4. The summed E-state index contributed by atoms with van der Waals surface area (Å²) >= 11 is 2.55. The number of nitrogens with zero attached hydrogens (tertiary/aromatic N) is 6. The molecule has 0 fully saturated rings. The number of aromatic nitrogens is 6. The van der Waals surface area contributed by atoms with E-state index in [1.807, 2.05) is 18.3 Å². The summed E-state index contributed by atoms with van der Waals surface area (Å²) in [5.41, 5.74) is 21.7. The number of benzene rings is 11. The van der Waals surface area contributed by atoms with Gasteiger partial charge in [0.25, 0.3) is 0 Å². The van der Waals surface area contributed by atoms with Crippen molar-refractivity contribution in [3.63, 3.8) is 0 Å². The molecule has 15 rings (SSSR count). The van der Waals surface area contributed by atoms with E-state index in [1.165, 1.54) is 0 Å². The number of ether oxygens (including phenoxy) is 1. The van der Waals surface area contributed by atoms with Gasteiger partial charge in [0.2, 0.25) is 0 Å². The van der Waals surface area contributed by atoms with Crippen LogP contribution in [-0.2, 0) is 19.4 Å². The molecule has 0 saturated carbocycles. The average Bonchev–Trinajstić information content (AvgIpc) is 2.39. The van der Waals surface area contributed by atoms with Crippen LogP contribution in [0.3, 0.4) is 0 Å². The Morgan fingerprint density at radius 2 is 0.800 bits per heavy atom. The minimum absolute atomic E-state index is 0.649. The van der Waals surface area contributed by atoms with E-state index in [-0.39, 0.29) is 0 Å².